The quantitative estimate of drug-likeness (QED) is 0.696. The zero-order valence-electron chi connectivity index (χ0n) is 15.3. The summed E-state index contributed by atoms with van der Waals surface area (Å²) >= 11 is 3.61. The fourth-order valence-electron chi connectivity index (χ4n) is 6.91. The molecule has 2 nitrogen and oxygen atoms in total. The van der Waals surface area contributed by atoms with Crippen LogP contribution >= 0.6 is 15.9 Å². The van der Waals surface area contributed by atoms with E-state index in [1.54, 1.807) is 0 Å². The van der Waals surface area contributed by atoms with Gasteiger partial charge in [0.1, 0.15) is 5.75 Å². The van der Waals surface area contributed by atoms with Crippen LogP contribution in [0.2, 0.25) is 0 Å². The fraction of sp³-hybridized carbons (Fsp3) is 0.714. The molecule has 1 N–H and O–H groups in total. The van der Waals surface area contributed by atoms with E-state index < -0.39 is 0 Å². The third-order valence-electron chi connectivity index (χ3n) is 6.60. The van der Waals surface area contributed by atoms with Gasteiger partial charge in [0.25, 0.3) is 0 Å². The highest BCUT2D eigenvalue weighted by Gasteiger charge is 2.59. The minimum atomic E-state index is 0.342. The van der Waals surface area contributed by atoms with Crippen molar-refractivity contribution in [3.05, 3.63) is 28.2 Å². The van der Waals surface area contributed by atoms with E-state index in [0.717, 1.165) is 29.3 Å². The molecule has 24 heavy (non-hydrogen) atoms. The van der Waals surface area contributed by atoms with Crippen LogP contribution in [-0.4, -0.2) is 12.1 Å². The summed E-state index contributed by atoms with van der Waals surface area (Å²) in [5.41, 5.74) is 2.73. The molecule has 1 aromatic rings. The highest BCUT2D eigenvalue weighted by molar-refractivity contribution is 9.10. The maximum absolute atomic E-state index is 5.84. The molecule has 0 heterocycles. The topological polar surface area (TPSA) is 21.3 Å². The van der Waals surface area contributed by atoms with Crippen LogP contribution in [0.3, 0.4) is 0 Å². The molecule has 0 radical (unpaired) electrons. The highest BCUT2D eigenvalue weighted by atomic mass is 79.9. The predicted molar refractivity (Wildman–Crippen MR) is 102 cm³/mol. The molecule has 2 unspecified atom stereocenters. The Labute approximate surface area is 154 Å². The summed E-state index contributed by atoms with van der Waals surface area (Å²) in [5, 5.41) is 4.02. The van der Waals surface area contributed by atoms with Crippen LogP contribution in [-0.2, 0) is 6.54 Å². The lowest BCUT2D eigenvalue weighted by molar-refractivity contribution is -0.118. The van der Waals surface area contributed by atoms with E-state index in [2.05, 4.69) is 60.2 Å². The van der Waals surface area contributed by atoms with E-state index >= 15 is 0 Å². The Bertz CT molecular complexity index is 625. The van der Waals surface area contributed by atoms with Crippen molar-refractivity contribution in [3.8, 4) is 5.75 Å². The Morgan fingerprint density at radius 1 is 1.12 bits per heavy atom. The molecule has 4 aliphatic rings. The van der Waals surface area contributed by atoms with Gasteiger partial charge < -0.3 is 10.1 Å². The van der Waals surface area contributed by atoms with Crippen molar-refractivity contribution in [2.24, 2.45) is 16.7 Å². The Hall–Kier alpha value is -0.540. The standard InChI is InChI=1S/C21H30BrNO/c1-4-24-18-6-5-17(22)7-16(18)11-23-21-10-15-8-19(2,13-21)12-20(3,9-15)14-21/h5-7,15,23H,4,8-14H2,1-3H3/t15?,19-,20+,21?. The largest absolute Gasteiger partial charge is 0.494 e. The summed E-state index contributed by atoms with van der Waals surface area (Å²) in [4.78, 5) is 0. The van der Waals surface area contributed by atoms with Gasteiger partial charge in [0.15, 0.2) is 0 Å². The van der Waals surface area contributed by atoms with Crippen molar-refractivity contribution in [1.82, 2.24) is 5.32 Å². The molecule has 0 saturated heterocycles. The van der Waals surface area contributed by atoms with Crippen molar-refractivity contribution < 1.29 is 4.74 Å². The third kappa shape index (κ3) is 3.03. The second kappa shape index (κ2) is 5.74. The number of benzene rings is 1. The zero-order valence-corrected chi connectivity index (χ0v) is 16.8. The molecule has 4 fully saturated rings. The molecule has 0 spiro atoms. The van der Waals surface area contributed by atoms with Gasteiger partial charge in [0.05, 0.1) is 6.61 Å². The van der Waals surface area contributed by atoms with Gasteiger partial charge in [-0.1, -0.05) is 29.8 Å². The van der Waals surface area contributed by atoms with Crippen LogP contribution in [0.15, 0.2) is 22.7 Å². The summed E-state index contributed by atoms with van der Waals surface area (Å²) in [6.07, 6.45) is 8.41. The molecule has 4 atom stereocenters. The van der Waals surface area contributed by atoms with Gasteiger partial charge in [0, 0.05) is 22.1 Å². The molecular weight excluding hydrogens is 362 g/mol. The van der Waals surface area contributed by atoms with Crippen molar-refractivity contribution in [2.75, 3.05) is 6.61 Å². The van der Waals surface area contributed by atoms with Crippen LogP contribution in [0, 0.1) is 16.7 Å². The van der Waals surface area contributed by atoms with Gasteiger partial charge in [-0.05, 0) is 80.4 Å². The lowest BCUT2D eigenvalue weighted by Gasteiger charge is -2.65. The van der Waals surface area contributed by atoms with Gasteiger partial charge in [-0.2, -0.15) is 0 Å². The molecule has 3 heteroatoms. The van der Waals surface area contributed by atoms with E-state index in [1.807, 2.05) is 0 Å². The predicted octanol–water partition coefficient (Wildman–Crippen LogP) is 5.69. The van der Waals surface area contributed by atoms with Crippen molar-refractivity contribution in [2.45, 2.75) is 71.4 Å². The Morgan fingerprint density at radius 2 is 1.83 bits per heavy atom. The molecule has 0 aromatic heterocycles. The normalized spacial score (nSPS) is 40.1. The minimum absolute atomic E-state index is 0.342. The molecule has 5 rings (SSSR count). The summed E-state index contributed by atoms with van der Waals surface area (Å²) in [5.74, 6) is 1.95. The minimum Gasteiger partial charge on any atom is -0.494 e. The Balaban J connectivity index is 1.55. The molecule has 0 aliphatic heterocycles. The number of ether oxygens (including phenoxy) is 1. The van der Waals surface area contributed by atoms with E-state index in [-0.39, 0.29) is 0 Å². The SMILES string of the molecule is CCOc1ccc(Br)cc1CNC12CC3C[C@@](C)(C1)C[C@](C)(C3)C2. The van der Waals surface area contributed by atoms with Gasteiger partial charge in [-0.25, -0.2) is 0 Å². The van der Waals surface area contributed by atoms with Gasteiger partial charge in [-0.15, -0.1) is 0 Å². The van der Waals surface area contributed by atoms with E-state index in [0.29, 0.717) is 16.4 Å². The molecule has 4 bridgehead atoms. The molecular formula is C21H30BrNO. The average molecular weight is 392 g/mol. The highest BCUT2D eigenvalue weighted by Crippen LogP contribution is 2.66. The molecule has 132 valence electrons. The molecule has 4 aliphatic carbocycles. The molecule has 1 aromatic carbocycles. The van der Waals surface area contributed by atoms with Crippen LogP contribution < -0.4 is 10.1 Å². The first kappa shape index (κ1) is 16.9. The maximum Gasteiger partial charge on any atom is 0.123 e. The fourth-order valence-corrected chi connectivity index (χ4v) is 7.32. The van der Waals surface area contributed by atoms with E-state index in [1.165, 1.54) is 44.1 Å². The summed E-state index contributed by atoms with van der Waals surface area (Å²) < 4.78 is 6.97. The second-order valence-electron chi connectivity index (χ2n) is 9.45. The van der Waals surface area contributed by atoms with Crippen LogP contribution in [0.1, 0.15) is 64.9 Å². The summed E-state index contributed by atoms with van der Waals surface area (Å²) in [6, 6.07) is 6.37. The first-order valence-electron chi connectivity index (χ1n) is 9.49. The molecule has 0 amide bonds. The number of halogens is 1. The van der Waals surface area contributed by atoms with Crippen LogP contribution in [0.4, 0.5) is 0 Å². The van der Waals surface area contributed by atoms with Crippen LogP contribution in [0.25, 0.3) is 0 Å². The van der Waals surface area contributed by atoms with Gasteiger partial charge in [0.2, 0.25) is 0 Å². The smallest absolute Gasteiger partial charge is 0.123 e. The number of hydrogen-bond donors (Lipinski definition) is 1. The first-order valence-corrected chi connectivity index (χ1v) is 10.3. The van der Waals surface area contributed by atoms with E-state index in [4.69, 9.17) is 4.74 Å². The summed E-state index contributed by atoms with van der Waals surface area (Å²) in [6.45, 7) is 8.76. The molecule has 4 saturated carbocycles. The third-order valence-corrected chi connectivity index (χ3v) is 7.10. The van der Waals surface area contributed by atoms with Crippen molar-refractivity contribution in [3.63, 3.8) is 0 Å². The monoisotopic (exact) mass is 391 g/mol. The number of hydrogen-bond acceptors (Lipinski definition) is 2. The number of nitrogens with one attached hydrogen (secondary N) is 1. The van der Waals surface area contributed by atoms with Gasteiger partial charge >= 0.3 is 0 Å². The first-order chi connectivity index (χ1) is 11.3. The summed E-state index contributed by atoms with van der Waals surface area (Å²) in [7, 11) is 0. The second-order valence-corrected chi connectivity index (χ2v) is 10.4. The van der Waals surface area contributed by atoms with Gasteiger partial charge in [-0.3, -0.25) is 0 Å². The maximum atomic E-state index is 5.84. The average Bonchev–Trinajstić information content (AvgIpc) is 2.44. The zero-order chi connectivity index (χ0) is 17.0. The lowest BCUT2D eigenvalue weighted by Crippen LogP contribution is -2.63. The Kier molecular flexibility index (Phi) is 4.04. The van der Waals surface area contributed by atoms with Crippen molar-refractivity contribution >= 4 is 15.9 Å². The van der Waals surface area contributed by atoms with E-state index in [9.17, 15) is 0 Å². The lowest BCUT2D eigenvalue weighted by atomic mass is 9.43. The van der Waals surface area contributed by atoms with Crippen molar-refractivity contribution in [1.29, 1.82) is 0 Å². The van der Waals surface area contributed by atoms with Crippen LogP contribution in [0.5, 0.6) is 5.75 Å². The Morgan fingerprint density at radius 3 is 2.46 bits per heavy atom. The number of rotatable bonds is 5.